The van der Waals surface area contributed by atoms with Crippen LogP contribution in [-0.2, 0) is 4.79 Å². The number of ketones is 2. The number of H-pyrrole nitrogens is 1. The van der Waals surface area contributed by atoms with E-state index < -0.39 is 0 Å². The summed E-state index contributed by atoms with van der Waals surface area (Å²) < 4.78 is 0. The summed E-state index contributed by atoms with van der Waals surface area (Å²) in [5, 5.41) is 0. The molecule has 0 spiro atoms. The highest BCUT2D eigenvalue weighted by Crippen LogP contribution is 2.12. The standard InChI is InChI=1S/C13H18N2O2/c1-9-7-12(10(2)14-9)13(17)8-15-5-3-11(16)4-6-15/h7,14H,3-6,8H2,1-2H3. The number of rotatable bonds is 3. The summed E-state index contributed by atoms with van der Waals surface area (Å²) in [5.74, 6) is 0.448. The second-order valence-corrected chi connectivity index (χ2v) is 4.73. The average molecular weight is 234 g/mol. The molecule has 1 saturated heterocycles. The molecule has 0 amide bonds. The van der Waals surface area contributed by atoms with E-state index in [0.717, 1.165) is 17.0 Å². The van der Waals surface area contributed by atoms with E-state index in [9.17, 15) is 9.59 Å². The van der Waals surface area contributed by atoms with E-state index in [1.54, 1.807) is 0 Å². The predicted octanol–water partition coefficient (Wildman–Crippen LogP) is 1.48. The van der Waals surface area contributed by atoms with Crippen LogP contribution in [0.25, 0.3) is 0 Å². The number of nitrogens with zero attached hydrogens (tertiary/aromatic N) is 1. The van der Waals surface area contributed by atoms with Gasteiger partial charge < -0.3 is 4.98 Å². The summed E-state index contributed by atoms with van der Waals surface area (Å²) >= 11 is 0. The number of piperidine rings is 1. The van der Waals surface area contributed by atoms with E-state index >= 15 is 0 Å². The summed E-state index contributed by atoms with van der Waals surface area (Å²) in [7, 11) is 0. The Morgan fingerprint density at radius 3 is 2.53 bits per heavy atom. The zero-order chi connectivity index (χ0) is 12.4. The largest absolute Gasteiger partial charge is 0.362 e. The number of hydrogen-bond donors (Lipinski definition) is 1. The zero-order valence-corrected chi connectivity index (χ0v) is 10.4. The van der Waals surface area contributed by atoms with Crippen LogP contribution in [0.2, 0.25) is 0 Å². The fraction of sp³-hybridized carbons (Fsp3) is 0.538. The van der Waals surface area contributed by atoms with Gasteiger partial charge in [-0.25, -0.2) is 0 Å². The molecule has 4 heteroatoms. The lowest BCUT2D eigenvalue weighted by atomic mass is 10.1. The van der Waals surface area contributed by atoms with Crippen LogP contribution >= 0.6 is 0 Å². The maximum Gasteiger partial charge on any atom is 0.178 e. The van der Waals surface area contributed by atoms with Gasteiger partial charge in [0, 0.05) is 42.9 Å². The molecular weight excluding hydrogens is 216 g/mol. The molecule has 0 saturated carbocycles. The Hall–Kier alpha value is -1.42. The van der Waals surface area contributed by atoms with Gasteiger partial charge in [0.05, 0.1) is 6.54 Å². The Balaban J connectivity index is 1.97. The highest BCUT2D eigenvalue weighted by Gasteiger charge is 2.20. The summed E-state index contributed by atoms with van der Waals surface area (Å²) in [6, 6.07) is 1.90. The van der Waals surface area contributed by atoms with Crippen LogP contribution in [0.15, 0.2) is 6.07 Å². The SMILES string of the molecule is Cc1cc(C(=O)CN2CCC(=O)CC2)c(C)[nH]1. The molecule has 0 aliphatic carbocycles. The highest BCUT2D eigenvalue weighted by molar-refractivity contribution is 5.99. The maximum atomic E-state index is 12.1. The third-order valence-electron chi connectivity index (χ3n) is 3.23. The number of carbonyl (C=O) groups excluding carboxylic acids is 2. The molecular formula is C13H18N2O2. The number of aryl methyl sites for hydroxylation is 2. The Labute approximate surface area is 101 Å². The topological polar surface area (TPSA) is 53.2 Å². The van der Waals surface area contributed by atoms with E-state index in [-0.39, 0.29) is 5.78 Å². The Morgan fingerprint density at radius 1 is 1.35 bits per heavy atom. The summed E-state index contributed by atoms with van der Waals surface area (Å²) in [5.41, 5.74) is 2.72. The first-order chi connectivity index (χ1) is 8.06. The van der Waals surface area contributed by atoms with Gasteiger partial charge in [0.1, 0.15) is 5.78 Å². The van der Waals surface area contributed by atoms with Crippen LogP contribution in [0.5, 0.6) is 0 Å². The van der Waals surface area contributed by atoms with Gasteiger partial charge in [-0.15, -0.1) is 0 Å². The van der Waals surface area contributed by atoms with Crippen LogP contribution < -0.4 is 0 Å². The van der Waals surface area contributed by atoms with Gasteiger partial charge >= 0.3 is 0 Å². The number of carbonyl (C=O) groups is 2. The van der Waals surface area contributed by atoms with Crippen molar-refractivity contribution in [2.75, 3.05) is 19.6 Å². The minimum atomic E-state index is 0.140. The van der Waals surface area contributed by atoms with E-state index in [1.807, 2.05) is 19.9 Å². The number of aromatic nitrogens is 1. The Kier molecular flexibility index (Phi) is 3.43. The Bertz CT molecular complexity index is 438. The molecule has 0 atom stereocenters. The van der Waals surface area contributed by atoms with Crippen molar-refractivity contribution in [2.45, 2.75) is 26.7 Å². The molecule has 1 aliphatic heterocycles. The van der Waals surface area contributed by atoms with Crippen molar-refractivity contribution in [3.05, 3.63) is 23.0 Å². The van der Waals surface area contributed by atoms with Gasteiger partial charge in [0.25, 0.3) is 0 Å². The second-order valence-electron chi connectivity index (χ2n) is 4.73. The van der Waals surface area contributed by atoms with E-state index in [2.05, 4.69) is 9.88 Å². The minimum Gasteiger partial charge on any atom is -0.362 e. The van der Waals surface area contributed by atoms with Crippen LogP contribution in [0.1, 0.15) is 34.6 Å². The van der Waals surface area contributed by atoms with Gasteiger partial charge in [-0.2, -0.15) is 0 Å². The predicted molar refractivity (Wildman–Crippen MR) is 65.3 cm³/mol. The van der Waals surface area contributed by atoms with E-state index in [0.29, 0.717) is 38.3 Å². The summed E-state index contributed by atoms with van der Waals surface area (Å²) in [6.07, 6.45) is 1.16. The lowest BCUT2D eigenvalue weighted by Crippen LogP contribution is -2.37. The quantitative estimate of drug-likeness (QED) is 0.806. The lowest BCUT2D eigenvalue weighted by Gasteiger charge is -2.24. The van der Waals surface area contributed by atoms with Crippen molar-refractivity contribution in [3.63, 3.8) is 0 Å². The summed E-state index contributed by atoms with van der Waals surface area (Å²) in [6.45, 7) is 5.72. The van der Waals surface area contributed by atoms with Crippen molar-refractivity contribution < 1.29 is 9.59 Å². The molecule has 0 radical (unpaired) electrons. The third kappa shape index (κ3) is 2.82. The highest BCUT2D eigenvalue weighted by atomic mass is 16.1. The number of likely N-dealkylation sites (tertiary alicyclic amines) is 1. The molecule has 1 N–H and O–H groups in total. The molecule has 1 aromatic heterocycles. The lowest BCUT2D eigenvalue weighted by molar-refractivity contribution is -0.121. The van der Waals surface area contributed by atoms with Gasteiger partial charge in [0.2, 0.25) is 0 Å². The molecule has 1 aromatic rings. The van der Waals surface area contributed by atoms with Gasteiger partial charge in [-0.1, -0.05) is 0 Å². The second kappa shape index (κ2) is 4.84. The third-order valence-corrected chi connectivity index (χ3v) is 3.23. The molecule has 1 aliphatic rings. The molecule has 0 aromatic carbocycles. The van der Waals surface area contributed by atoms with Gasteiger partial charge in [-0.05, 0) is 19.9 Å². The molecule has 4 nitrogen and oxygen atoms in total. The average Bonchev–Trinajstić information content (AvgIpc) is 2.61. The van der Waals surface area contributed by atoms with E-state index in [1.165, 1.54) is 0 Å². The van der Waals surface area contributed by atoms with Crippen LogP contribution in [0, 0.1) is 13.8 Å². The van der Waals surface area contributed by atoms with Crippen LogP contribution in [-0.4, -0.2) is 41.1 Å². The normalized spacial score (nSPS) is 17.4. The fourth-order valence-corrected chi connectivity index (χ4v) is 2.26. The summed E-state index contributed by atoms with van der Waals surface area (Å²) in [4.78, 5) is 28.4. The van der Waals surface area contributed by atoms with Crippen molar-refractivity contribution in [1.29, 1.82) is 0 Å². The van der Waals surface area contributed by atoms with Crippen molar-refractivity contribution in [2.24, 2.45) is 0 Å². The van der Waals surface area contributed by atoms with Crippen molar-refractivity contribution in [3.8, 4) is 0 Å². The van der Waals surface area contributed by atoms with Crippen molar-refractivity contribution >= 4 is 11.6 Å². The Morgan fingerprint density at radius 2 is 2.00 bits per heavy atom. The zero-order valence-electron chi connectivity index (χ0n) is 10.4. The molecule has 2 heterocycles. The maximum absolute atomic E-state index is 12.1. The van der Waals surface area contributed by atoms with Gasteiger partial charge in [-0.3, -0.25) is 14.5 Å². The molecule has 0 unspecified atom stereocenters. The number of Topliss-reactive ketones (excluding diaryl/α,β-unsaturated/α-hetero) is 2. The van der Waals surface area contributed by atoms with Crippen LogP contribution in [0.4, 0.5) is 0 Å². The molecule has 2 rings (SSSR count). The first-order valence-electron chi connectivity index (χ1n) is 5.99. The molecule has 0 bridgehead atoms. The minimum absolute atomic E-state index is 0.140. The molecule has 92 valence electrons. The monoisotopic (exact) mass is 234 g/mol. The number of hydrogen-bond acceptors (Lipinski definition) is 3. The van der Waals surface area contributed by atoms with Crippen LogP contribution in [0.3, 0.4) is 0 Å². The first-order valence-corrected chi connectivity index (χ1v) is 5.99. The van der Waals surface area contributed by atoms with Gasteiger partial charge in [0.15, 0.2) is 5.78 Å². The first kappa shape index (κ1) is 12.0. The number of aromatic amines is 1. The van der Waals surface area contributed by atoms with Crippen molar-refractivity contribution in [1.82, 2.24) is 9.88 Å². The number of nitrogens with one attached hydrogen (secondary N) is 1. The van der Waals surface area contributed by atoms with E-state index in [4.69, 9.17) is 0 Å². The fourth-order valence-electron chi connectivity index (χ4n) is 2.26. The molecule has 17 heavy (non-hydrogen) atoms. The molecule has 1 fully saturated rings. The smallest absolute Gasteiger partial charge is 0.178 e.